The van der Waals surface area contributed by atoms with E-state index >= 15 is 0 Å². The van der Waals surface area contributed by atoms with Crippen molar-refractivity contribution >= 4 is 11.9 Å². The average Bonchev–Trinajstić information content (AvgIpc) is 2.65. The molecule has 0 amide bonds. The third-order valence-electron chi connectivity index (χ3n) is 4.74. The van der Waals surface area contributed by atoms with Crippen molar-refractivity contribution in [3.8, 4) is 0 Å². The molecule has 25 heavy (non-hydrogen) atoms. The molecule has 0 aliphatic carbocycles. The summed E-state index contributed by atoms with van der Waals surface area (Å²) in [7, 11) is 1.41. The van der Waals surface area contributed by atoms with Gasteiger partial charge < -0.3 is 20.1 Å². The summed E-state index contributed by atoms with van der Waals surface area (Å²) in [5.74, 6) is 1.17. The van der Waals surface area contributed by atoms with Gasteiger partial charge in [0.25, 0.3) is 0 Å². The SMILES string of the molecule is CCNC(=NCC(C(CC)CC)N1CCOCC1)NCCC(=O)OC. The van der Waals surface area contributed by atoms with E-state index in [1.54, 1.807) is 0 Å². The van der Waals surface area contributed by atoms with Crippen molar-refractivity contribution < 1.29 is 14.3 Å². The van der Waals surface area contributed by atoms with E-state index in [1.807, 2.05) is 6.92 Å². The van der Waals surface area contributed by atoms with E-state index in [0.717, 1.165) is 58.2 Å². The maximum atomic E-state index is 11.2. The largest absolute Gasteiger partial charge is 0.469 e. The van der Waals surface area contributed by atoms with Crippen molar-refractivity contribution in [2.24, 2.45) is 10.9 Å². The number of nitrogens with one attached hydrogen (secondary N) is 2. The number of hydrogen-bond donors (Lipinski definition) is 2. The van der Waals surface area contributed by atoms with Crippen LogP contribution in [0.15, 0.2) is 4.99 Å². The second-order valence-corrected chi connectivity index (χ2v) is 6.26. The zero-order valence-corrected chi connectivity index (χ0v) is 16.3. The quantitative estimate of drug-likeness (QED) is 0.348. The first kappa shape index (κ1) is 21.7. The van der Waals surface area contributed by atoms with Crippen molar-refractivity contribution in [3.63, 3.8) is 0 Å². The molecular weight excluding hydrogens is 320 g/mol. The molecule has 1 aliphatic rings. The first-order valence-corrected chi connectivity index (χ1v) is 9.56. The van der Waals surface area contributed by atoms with E-state index in [-0.39, 0.29) is 5.97 Å². The van der Waals surface area contributed by atoms with Gasteiger partial charge in [-0.25, -0.2) is 0 Å². The third-order valence-corrected chi connectivity index (χ3v) is 4.74. The zero-order chi connectivity index (χ0) is 18.5. The van der Waals surface area contributed by atoms with Gasteiger partial charge in [0, 0.05) is 32.2 Å². The van der Waals surface area contributed by atoms with E-state index in [1.165, 1.54) is 7.11 Å². The van der Waals surface area contributed by atoms with Gasteiger partial charge in [0.1, 0.15) is 0 Å². The highest BCUT2D eigenvalue weighted by atomic mass is 16.5. The molecule has 0 aromatic rings. The second kappa shape index (κ2) is 12.9. The molecule has 1 aliphatic heterocycles. The number of esters is 1. The molecule has 0 aromatic heterocycles. The predicted octanol–water partition coefficient (Wildman–Crippen LogP) is 1.24. The van der Waals surface area contributed by atoms with Crippen molar-refractivity contribution in [1.82, 2.24) is 15.5 Å². The fourth-order valence-electron chi connectivity index (χ4n) is 3.22. The molecule has 0 saturated carbocycles. The summed E-state index contributed by atoms with van der Waals surface area (Å²) in [4.78, 5) is 18.6. The lowest BCUT2D eigenvalue weighted by atomic mass is 9.92. The van der Waals surface area contributed by atoms with Gasteiger partial charge in [-0.1, -0.05) is 26.7 Å². The minimum atomic E-state index is -0.216. The molecule has 1 fully saturated rings. The molecule has 1 rings (SSSR count). The number of ether oxygens (including phenoxy) is 2. The van der Waals surface area contributed by atoms with Crippen molar-refractivity contribution in [3.05, 3.63) is 0 Å². The number of hydrogen-bond acceptors (Lipinski definition) is 5. The van der Waals surface area contributed by atoms with Crippen LogP contribution in [0.2, 0.25) is 0 Å². The van der Waals surface area contributed by atoms with Gasteiger partial charge in [-0.15, -0.1) is 0 Å². The molecule has 0 radical (unpaired) electrons. The lowest BCUT2D eigenvalue weighted by Gasteiger charge is -2.38. The van der Waals surface area contributed by atoms with Crippen LogP contribution in [0.5, 0.6) is 0 Å². The molecule has 2 N–H and O–H groups in total. The highest BCUT2D eigenvalue weighted by molar-refractivity contribution is 5.80. The Bertz CT molecular complexity index is 394. The Kier molecular flexibility index (Phi) is 11.2. The molecule has 1 heterocycles. The summed E-state index contributed by atoms with van der Waals surface area (Å²) in [6.45, 7) is 12.2. The Morgan fingerprint density at radius 2 is 1.88 bits per heavy atom. The molecule has 1 atom stereocenters. The smallest absolute Gasteiger partial charge is 0.307 e. The summed E-state index contributed by atoms with van der Waals surface area (Å²) >= 11 is 0. The van der Waals surface area contributed by atoms with E-state index in [0.29, 0.717) is 24.9 Å². The second-order valence-electron chi connectivity index (χ2n) is 6.26. The molecule has 7 nitrogen and oxygen atoms in total. The van der Waals surface area contributed by atoms with Crippen LogP contribution in [-0.4, -0.2) is 75.9 Å². The van der Waals surface area contributed by atoms with E-state index in [4.69, 9.17) is 9.73 Å². The highest BCUT2D eigenvalue weighted by Crippen LogP contribution is 2.20. The molecule has 1 saturated heterocycles. The number of carbonyl (C=O) groups excluding carboxylic acids is 1. The molecule has 0 aromatic carbocycles. The Balaban J connectivity index is 2.68. The lowest BCUT2D eigenvalue weighted by Crippen LogP contribution is -2.49. The highest BCUT2D eigenvalue weighted by Gasteiger charge is 2.26. The predicted molar refractivity (Wildman–Crippen MR) is 101 cm³/mol. The fraction of sp³-hybridized carbons (Fsp3) is 0.889. The Morgan fingerprint density at radius 1 is 1.20 bits per heavy atom. The number of morpholine rings is 1. The maximum absolute atomic E-state index is 11.2. The lowest BCUT2D eigenvalue weighted by molar-refractivity contribution is -0.140. The van der Waals surface area contributed by atoms with Crippen LogP contribution < -0.4 is 10.6 Å². The van der Waals surface area contributed by atoms with Gasteiger partial charge in [-0.05, 0) is 12.8 Å². The summed E-state index contributed by atoms with van der Waals surface area (Å²) in [6.07, 6.45) is 2.64. The minimum Gasteiger partial charge on any atom is -0.469 e. The minimum absolute atomic E-state index is 0.216. The van der Waals surface area contributed by atoms with Crippen LogP contribution in [0, 0.1) is 5.92 Å². The number of methoxy groups -OCH3 is 1. The first-order chi connectivity index (χ1) is 12.2. The third kappa shape index (κ3) is 8.05. The van der Waals surface area contributed by atoms with Crippen molar-refractivity contribution in [1.29, 1.82) is 0 Å². The number of guanidine groups is 1. The summed E-state index contributed by atoms with van der Waals surface area (Å²) < 4.78 is 10.2. The summed E-state index contributed by atoms with van der Waals surface area (Å²) in [5, 5.41) is 6.47. The fourth-order valence-corrected chi connectivity index (χ4v) is 3.22. The molecule has 1 unspecified atom stereocenters. The topological polar surface area (TPSA) is 75.2 Å². The van der Waals surface area contributed by atoms with Gasteiger partial charge >= 0.3 is 5.97 Å². The van der Waals surface area contributed by atoms with E-state index < -0.39 is 0 Å². The first-order valence-electron chi connectivity index (χ1n) is 9.56. The molecule has 0 bridgehead atoms. The molecular formula is C18H36N4O3. The Morgan fingerprint density at radius 3 is 2.44 bits per heavy atom. The normalized spacial score (nSPS) is 17.4. The van der Waals surface area contributed by atoms with Gasteiger partial charge in [-0.3, -0.25) is 14.7 Å². The van der Waals surface area contributed by atoms with E-state index in [2.05, 4.69) is 34.1 Å². The molecule has 0 spiro atoms. The van der Waals surface area contributed by atoms with Crippen LogP contribution in [0.25, 0.3) is 0 Å². The monoisotopic (exact) mass is 356 g/mol. The van der Waals surface area contributed by atoms with E-state index in [9.17, 15) is 4.79 Å². The van der Waals surface area contributed by atoms with Crippen LogP contribution in [0.1, 0.15) is 40.0 Å². The van der Waals surface area contributed by atoms with Gasteiger partial charge in [-0.2, -0.15) is 0 Å². The van der Waals surface area contributed by atoms with Crippen LogP contribution in [-0.2, 0) is 14.3 Å². The van der Waals surface area contributed by atoms with Crippen molar-refractivity contribution in [2.45, 2.75) is 46.1 Å². The zero-order valence-electron chi connectivity index (χ0n) is 16.3. The van der Waals surface area contributed by atoms with Crippen LogP contribution in [0.4, 0.5) is 0 Å². The standard InChI is InChI=1S/C18H36N4O3/c1-5-15(6-2)16(22-10-12-25-13-11-22)14-21-18(19-7-3)20-9-8-17(23)24-4/h15-16H,5-14H2,1-4H3,(H2,19,20,21). The maximum Gasteiger partial charge on any atom is 0.307 e. The molecule has 146 valence electrons. The Labute approximate surface area is 152 Å². The van der Waals surface area contributed by atoms with Crippen LogP contribution in [0.3, 0.4) is 0 Å². The molecule has 7 heteroatoms. The number of rotatable bonds is 10. The summed E-state index contributed by atoms with van der Waals surface area (Å²) in [6, 6.07) is 0.426. The van der Waals surface area contributed by atoms with Crippen molar-refractivity contribution in [2.75, 3.05) is 53.0 Å². The number of nitrogens with zero attached hydrogens (tertiary/aromatic N) is 2. The van der Waals surface area contributed by atoms with Gasteiger partial charge in [0.15, 0.2) is 5.96 Å². The number of carbonyl (C=O) groups is 1. The summed E-state index contributed by atoms with van der Waals surface area (Å²) in [5.41, 5.74) is 0. The van der Waals surface area contributed by atoms with Gasteiger partial charge in [0.05, 0.1) is 33.3 Å². The van der Waals surface area contributed by atoms with Gasteiger partial charge in [0.2, 0.25) is 0 Å². The Hall–Kier alpha value is -1.34. The average molecular weight is 357 g/mol. The number of aliphatic imine (C=N–C) groups is 1. The van der Waals surface area contributed by atoms with Crippen LogP contribution >= 0.6 is 0 Å².